The number of rotatable bonds is 6. The molecular formula is C15H26N2O. The fourth-order valence-electron chi connectivity index (χ4n) is 2.87. The lowest BCUT2D eigenvalue weighted by Gasteiger charge is -2.13. The number of nitrogens with zero attached hydrogens (tertiary/aromatic N) is 2. The Morgan fingerprint density at radius 3 is 2.56 bits per heavy atom. The van der Waals surface area contributed by atoms with Gasteiger partial charge in [-0.3, -0.25) is 4.68 Å². The molecule has 1 aromatic rings. The summed E-state index contributed by atoms with van der Waals surface area (Å²) in [5.41, 5.74) is 1.36. The van der Waals surface area contributed by atoms with Gasteiger partial charge in [0.25, 0.3) is 0 Å². The molecule has 0 amide bonds. The Balaban J connectivity index is 1.94. The number of hydrogen-bond acceptors (Lipinski definition) is 2. The second kappa shape index (κ2) is 5.04. The van der Waals surface area contributed by atoms with E-state index in [0.29, 0.717) is 23.8 Å². The quantitative estimate of drug-likeness (QED) is 0.842. The minimum atomic E-state index is -0.231. The van der Waals surface area contributed by atoms with Crippen LogP contribution >= 0.6 is 0 Å². The van der Waals surface area contributed by atoms with Gasteiger partial charge in [-0.05, 0) is 36.7 Å². The Bertz CT molecular complexity index is 393. The van der Waals surface area contributed by atoms with E-state index in [-0.39, 0.29) is 6.10 Å². The molecule has 1 aliphatic carbocycles. The topological polar surface area (TPSA) is 38.0 Å². The Morgan fingerprint density at radius 1 is 1.44 bits per heavy atom. The van der Waals surface area contributed by atoms with Gasteiger partial charge in [0.05, 0.1) is 17.8 Å². The average Bonchev–Trinajstić information content (AvgIpc) is 2.73. The van der Waals surface area contributed by atoms with E-state index in [9.17, 15) is 5.11 Å². The molecule has 18 heavy (non-hydrogen) atoms. The van der Waals surface area contributed by atoms with Crippen LogP contribution in [0.15, 0.2) is 12.3 Å². The van der Waals surface area contributed by atoms with E-state index < -0.39 is 0 Å². The molecule has 1 fully saturated rings. The summed E-state index contributed by atoms with van der Waals surface area (Å²) >= 11 is 0. The van der Waals surface area contributed by atoms with E-state index in [0.717, 1.165) is 25.0 Å². The summed E-state index contributed by atoms with van der Waals surface area (Å²) in [5, 5.41) is 14.8. The van der Waals surface area contributed by atoms with Crippen LogP contribution in [0.2, 0.25) is 0 Å². The molecule has 0 aromatic carbocycles. The lowest BCUT2D eigenvalue weighted by atomic mass is 10.0. The van der Waals surface area contributed by atoms with E-state index >= 15 is 0 Å². The summed E-state index contributed by atoms with van der Waals surface area (Å²) in [6, 6.07) is 2.55. The Morgan fingerprint density at radius 2 is 2.06 bits per heavy atom. The van der Waals surface area contributed by atoms with Gasteiger partial charge in [0.2, 0.25) is 0 Å². The van der Waals surface area contributed by atoms with Crippen molar-refractivity contribution in [2.24, 2.45) is 11.3 Å². The van der Waals surface area contributed by atoms with Crippen LogP contribution in [-0.2, 0) is 6.42 Å². The highest BCUT2D eigenvalue weighted by molar-refractivity contribution is 5.06. The highest BCUT2D eigenvalue weighted by atomic mass is 16.3. The van der Waals surface area contributed by atoms with Crippen LogP contribution in [0.1, 0.15) is 58.7 Å². The Kier molecular flexibility index (Phi) is 3.81. The third-order valence-electron chi connectivity index (χ3n) is 4.45. The van der Waals surface area contributed by atoms with Crippen LogP contribution in [0.5, 0.6) is 0 Å². The first-order valence-electron chi connectivity index (χ1n) is 7.20. The molecule has 0 spiro atoms. The molecule has 1 aliphatic rings. The molecule has 2 atom stereocenters. The SMILES string of the molecule is CCC(CC)n1ccc(CC(O)C2CC2(C)C)n1. The van der Waals surface area contributed by atoms with Gasteiger partial charge < -0.3 is 5.11 Å². The monoisotopic (exact) mass is 250 g/mol. The minimum Gasteiger partial charge on any atom is -0.392 e. The highest BCUT2D eigenvalue weighted by Gasteiger charge is 2.49. The van der Waals surface area contributed by atoms with Gasteiger partial charge >= 0.3 is 0 Å². The van der Waals surface area contributed by atoms with E-state index in [1.807, 2.05) is 0 Å². The van der Waals surface area contributed by atoms with Crippen LogP contribution in [0.3, 0.4) is 0 Å². The van der Waals surface area contributed by atoms with Crippen LogP contribution in [0.25, 0.3) is 0 Å². The van der Waals surface area contributed by atoms with E-state index in [1.54, 1.807) is 0 Å². The molecular weight excluding hydrogens is 224 g/mol. The minimum absolute atomic E-state index is 0.231. The lowest BCUT2D eigenvalue weighted by Crippen LogP contribution is -2.17. The molecule has 1 aromatic heterocycles. The summed E-state index contributed by atoms with van der Waals surface area (Å²) in [6.07, 6.45) is 5.87. The summed E-state index contributed by atoms with van der Waals surface area (Å²) in [4.78, 5) is 0. The van der Waals surface area contributed by atoms with Crippen molar-refractivity contribution in [2.45, 2.75) is 65.5 Å². The largest absolute Gasteiger partial charge is 0.392 e. The van der Waals surface area contributed by atoms with E-state index in [1.165, 1.54) is 0 Å². The Hall–Kier alpha value is -0.830. The van der Waals surface area contributed by atoms with Crippen molar-refractivity contribution in [1.29, 1.82) is 0 Å². The van der Waals surface area contributed by atoms with Crippen molar-refractivity contribution >= 4 is 0 Å². The first kappa shape index (κ1) is 13.6. The van der Waals surface area contributed by atoms with Crippen molar-refractivity contribution in [2.75, 3.05) is 0 Å². The van der Waals surface area contributed by atoms with E-state index in [4.69, 9.17) is 0 Å². The maximum atomic E-state index is 10.2. The van der Waals surface area contributed by atoms with Crippen LogP contribution in [0, 0.1) is 11.3 Å². The predicted octanol–water partition coefficient (Wildman–Crippen LogP) is 3.19. The summed E-state index contributed by atoms with van der Waals surface area (Å²) in [7, 11) is 0. The maximum absolute atomic E-state index is 10.2. The second-order valence-electron chi connectivity index (χ2n) is 6.33. The normalized spacial score (nSPS) is 23.3. The van der Waals surface area contributed by atoms with Crippen molar-refractivity contribution in [3.63, 3.8) is 0 Å². The van der Waals surface area contributed by atoms with Crippen LogP contribution in [0.4, 0.5) is 0 Å². The molecule has 3 nitrogen and oxygen atoms in total. The zero-order valence-electron chi connectivity index (χ0n) is 12.1. The number of aliphatic hydroxyl groups is 1. The number of hydrogen-bond donors (Lipinski definition) is 1. The summed E-state index contributed by atoms with van der Waals surface area (Å²) < 4.78 is 2.06. The van der Waals surface area contributed by atoms with Crippen LogP contribution in [-0.4, -0.2) is 21.0 Å². The third kappa shape index (κ3) is 2.77. The first-order valence-corrected chi connectivity index (χ1v) is 7.20. The first-order chi connectivity index (χ1) is 8.47. The van der Waals surface area contributed by atoms with Crippen molar-refractivity contribution < 1.29 is 5.11 Å². The number of aliphatic hydroxyl groups excluding tert-OH is 1. The fourth-order valence-corrected chi connectivity index (χ4v) is 2.87. The summed E-state index contributed by atoms with van der Waals surface area (Å²) in [5.74, 6) is 0.454. The second-order valence-corrected chi connectivity index (χ2v) is 6.33. The van der Waals surface area contributed by atoms with Crippen LogP contribution < -0.4 is 0 Å². The summed E-state index contributed by atoms with van der Waals surface area (Å²) in [6.45, 7) is 8.83. The molecule has 0 aliphatic heterocycles. The molecule has 1 N–H and O–H groups in total. The molecule has 2 unspecified atom stereocenters. The molecule has 0 saturated heterocycles. The molecule has 1 saturated carbocycles. The van der Waals surface area contributed by atoms with Gasteiger partial charge in [-0.25, -0.2) is 0 Å². The lowest BCUT2D eigenvalue weighted by molar-refractivity contribution is 0.135. The zero-order chi connectivity index (χ0) is 13.3. The van der Waals surface area contributed by atoms with E-state index in [2.05, 4.69) is 49.7 Å². The van der Waals surface area contributed by atoms with Gasteiger partial charge in [-0.1, -0.05) is 27.7 Å². The average molecular weight is 250 g/mol. The van der Waals surface area contributed by atoms with Crippen molar-refractivity contribution in [3.05, 3.63) is 18.0 Å². The van der Waals surface area contributed by atoms with Gasteiger partial charge in [0.1, 0.15) is 0 Å². The van der Waals surface area contributed by atoms with Crippen molar-refractivity contribution in [1.82, 2.24) is 9.78 Å². The van der Waals surface area contributed by atoms with Gasteiger partial charge in [-0.2, -0.15) is 5.10 Å². The number of aromatic nitrogens is 2. The molecule has 102 valence electrons. The third-order valence-corrected chi connectivity index (χ3v) is 4.45. The van der Waals surface area contributed by atoms with Crippen molar-refractivity contribution in [3.8, 4) is 0 Å². The molecule has 0 radical (unpaired) electrons. The zero-order valence-corrected chi connectivity index (χ0v) is 12.1. The molecule has 1 heterocycles. The predicted molar refractivity (Wildman–Crippen MR) is 73.4 cm³/mol. The molecule has 0 bridgehead atoms. The Labute approximate surface area is 110 Å². The maximum Gasteiger partial charge on any atom is 0.0650 e. The highest BCUT2D eigenvalue weighted by Crippen LogP contribution is 2.53. The van der Waals surface area contributed by atoms with Gasteiger partial charge in [0.15, 0.2) is 0 Å². The standard InChI is InChI=1S/C15H26N2O/c1-5-12(6-2)17-8-7-11(16-17)9-14(18)13-10-15(13,3)4/h7-8,12-14,18H,5-6,9-10H2,1-4H3. The molecule has 3 heteroatoms. The fraction of sp³-hybridized carbons (Fsp3) is 0.800. The van der Waals surface area contributed by atoms with Gasteiger partial charge in [0, 0.05) is 12.6 Å². The van der Waals surface area contributed by atoms with Gasteiger partial charge in [-0.15, -0.1) is 0 Å². The molecule has 2 rings (SSSR count). The smallest absolute Gasteiger partial charge is 0.0650 e.